The lowest BCUT2D eigenvalue weighted by Gasteiger charge is -2.12. The van der Waals surface area contributed by atoms with E-state index in [-0.39, 0.29) is 11.3 Å². The first-order valence-electron chi connectivity index (χ1n) is 12.4. The average molecular weight is 515 g/mol. The lowest BCUT2D eigenvalue weighted by atomic mass is 10.1. The minimum absolute atomic E-state index is 0.138. The SMILES string of the molecule is COc1ccc(C=CC(=O)c2ccc(-n3c(C=Cc4ccc(OC)cc4)nc4ccccc4c3=O)cc2)cc1. The highest BCUT2D eigenvalue weighted by Crippen LogP contribution is 2.18. The van der Waals surface area contributed by atoms with Crippen LogP contribution >= 0.6 is 0 Å². The van der Waals surface area contributed by atoms with Crippen LogP contribution in [0.3, 0.4) is 0 Å². The van der Waals surface area contributed by atoms with Crippen molar-refractivity contribution in [2.45, 2.75) is 0 Å². The van der Waals surface area contributed by atoms with Crippen molar-refractivity contribution in [3.63, 3.8) is 0 Å². The van der Waals surface area contributed by atoms with Gasteiger partial charge in [-0.25, -0.2) is 4.98 Å². The van der Waals surface area contributed by atoms with Gasteiger partial charge in [-0.3, -0.25) is 14.2 Å². The zero-order valence-corrected chi connectivity index (χ0v) is 21.6. The molecule has 39 heavy (non-hydrogen) atoms. The maximum absolute atomic E-state index is 13.6. The van der Waals surface area contributed by atoms with Gasteiger partial charge in [0, 0.05) is 5.56 Å². The van der Waals surface area contributed by atoms with Gasteiger partial charge in [-0.1, -0.05) is 48.6 Å². The smallest absolute Gasteiger partial charge is 0.266 e. The van der Waals surface area contributed by atoms with Crippen molar-refractivity contribution in [3.05, 3.63) is 136 Å². The third-order valence-electron chi connectivity index (χ3n) is 6.30. The molecular weight excluding hydrogens is 488 g/mol. The number of aromatic nitrogens is 2. The number of ether oxygens (including phenoxy) is 2. The fourth-order valence-corrected chi connectivity index (χ4v) is 4.15. The third kappa shape index (κ3) is 5.70. The number of hydrogen-bond acceptors (Lipinski definition) is 5. The normalized spacial score (nSPS) is 11.3. The largest absolute Gasteiger partial charge is 0.497 e. The lowest BCUT2D eigenvalue weighted by molar-refractivity contribution is 0.104. The van der Waals surface area contributed by atoms with E-state index in [1.807, 2.05) is 78.9 Å². The summed E-state index contributed by atoms with van der Waals surface area (Å²) >= 11 is 0. The van der Waals surface area contributed by atoms with Gasteiger partial charge >= 0.3 is 0 Å². The van der Waals surface area contributed by atoms with Crippen LogP contribution in [0.25, 0.3) is 34.8 Å². The molecule has 1 aromatic heterocycles. The van der Waals surface area contributed by atoms with Crippen molar-refractivity contribution in [3.8, 4) is 17.2 Å². The molecule has 0 spiro atoms. The van der Waals surface area contributed by atoms with Crippen LogP contribution < -0.4 is 15.0 Å². The maximum atomic E-state index is 13.6. The van der Waals surface area contributed by atoms with Crippen molar-refractivity contribution in [1.29, 1.82) is 0 Å². The Kier molecular flexibility index (Phi) is 7.46. The summed E-state index contributed by atoms with van der Waals surface area (Å²) in [6, 6.07) is 29.3. The second kappa shape index (κ2) is 11.4. The monoisotopic (exact) mass is 514 g/mol. The fourth-order valence-electron chi connectivity index (χ4n) is 4.15. The second-order valence-electron chi connectivity index (χ2n) is 8.75. The molecule has 0 bridgehead atoms. The maximum Gasteiger partial charge on any atom is 0.266 e. The molecular formula is C33H26N2O4. The quantitative estimate of drug-likeness (QED) is 0.175. The zero-order valence-electron chi connectivity index (χ0n) is 21.6. The number of fused-ring (bicyclic) bond motifs is 1. The van der Waals surface area contributed by atoms with Crippen LogP contribution in [-0.2, 0) is 0 Å². The van der Waals surface area contributed by atoms with Gasteiger partial charge in [0.1, 0.15) is 17.3 Å². The Morgan fingerprint density at radius 3 is 1.92 bits per heavy atom. The van der Waals surface area contributed by atoms with Crippen LogP contribution in [0, 0.1) is 0 Å². The molecule has 0 radical (unpaired) electrons. The molecule has 0 fully saturated rings. The molecule has 192 valence electrons. The predicted molar refractivity (Wildman–Crippen MR) is 156 cm³/mol. The van der Waals surface area contributed by atoms with E-state index in [0.29, 0.717) is 28.0 Å². The topological polar surface area (TPSA) is 70.4 Å². The van der Waals surface area contributed by atoms with E-state index in [2.05, 4.69) is 0 Å². The summed E-state index contributed by atoms with van der Waals surface area (Å²) in [5.41, 5.74) is 3.39. The summed E-state index contributed by atoms with van der Waals surface area (Å²) in [7, 11) is 3.23. The number of carbonyl (C=O) groups is 1. The summed E-state index contributed by atoms with van der Waals surface area (Å²) in [5, 5.41) is 0.515. The molecule has 1 heterocycles. The van der Waals surface area contributed by atoms with Crippen molar-refractivity contribution in [1.82, 2.24) is 9.55 Å². The molecule has 0 aliphatic carbocycles. The first-order chi connectivity index (χ1) is 19.1. The van der Waals surface area contributed by atoms with Gasteiger partial charge in [0.15, 0.2) is 5.78 Å². The number of carbonyl (C=O) groups excluding carboxylic acids is 1. The number of rotatable bonds is 8. The Balaban J connectivity index is 1.47. The fraction of sp³-hybridized carbons (Fsp3) is 0.0606. The van der Waals surface area contributed by atoms with Gasteiger partial charge in [-0.15, -0.1) is 0 Å². The second-order valence-corrected chi connectivity index (χ2v) is 8.75. The van der Waals surface area contributed by atoms with Gasteiger partial charge in [0.2, 0.25) is 0 Å². The number of para-hydroxylation sites is 1. The third-order valence-corrected chi connectivity index (χ3v) is 6.30. The molecule has 0 aliphatic heterocycles. The zero-order chi connectivity index (χ0) is 27.2. The molecule has 0 saturated carbocycles. The highest BCUT2D eigenvalue weighted by Gasteiger charge is 2.12. The number of hydrogen-bond donors (Lipinski definition) is 0. The van der Waals surface area contributed by atoms with E-state index >= 15 is 0 Å². The molecule has 0 aliphatic rings. The van der Waals surface area contributed by atoms with Crippen LogP contribution in [0.2, 0.25) is 0 Å². The number of ketones is 1. The standard InChI is InChI=1S/C33H26N2O4/c1-38-27-17-7-23(8-18-27)11-21-31(36)25-13-15-26(16-14-25)35-32(22-12-24-9-19-28(39-2)20-10-24)34-30-6-4-3-5-29(30)33(35)37/h3-22H,1-2H3. The average Bonchev–Trinajstić information content (AvgIpc) is 2.99. The summed E-state index contributed by atoms with van der Waals surface area (Å²) < 4.78 is 12.0. The van der Waals surface area contributed by atoms with E-state index in [1.54, 1.807) is 55.2 Å². The lowest BCUT2D eigenvalue weighted by Crippen LogP contribution is -2.22. The molecule has 5 aromatic rings. The summed E-state index contributed by atoms with van der Waals surface area (Å²) in [6.07, 6.45) is 7.00. The van der Waals surface area contributed by atoms with Crippen LogP contribution in [0.1, 0.15) is 27.3 Å². The minimum atomic E-state index is -0.187. The van der Waals surface area contributed by atoms with E-state index in [1.165, 1.54) is 6.08 Å². The van der Waals surface area contributed by atoms with Gasteiger partial charge in [-0.2, -0.15) is 0 Å². The Morgan fingerprint density at radius 2 is 1.31 bits per heavy atom. The van der Waals surface area contributed by atoms with Crippen molar-refractivity contribution < 1.29 is 14.3 Å². The Hall–Kier alpha value is -5.23. The molecule has 0 amide bonds. The molecule has 0 atom stereocenters. The van der Waals surface area contributed by atoms with Crippen LogP contribution in [-0.4, -0.2) is 29.6 Å². The van der Waals surface area contributed by atoms with Crippen molar-refractivity contribution in [2.75, 3.05) is 14.2 Å². The molecule has 0 N–H and O–H groups in total. The van der Waals surface area contributed by atoms with Crippen molar-refractivity contribution in [2.24, 2.45) is 0 Å². The van der Waals surface area contributed by atoms with E-state index in [9.17, 15) is 9.59 Å². The number of methoxy groups -OCH3 is 2. The van der Waals surface area contributed by atoms with Gasteiger partial charge in [-0.05, 0) is 83.9 Å². The van der Waals surface area contributed by atoms with E-state index in [0.717, 1.165) is 22.6 Å². The molecule has 0 unspecified atom stereocenters. The molecule has 0 saturated heterocycles. The van der Waals surface area contributed by atoms with Crippen LogP contribution in [0.5, 0.6) is 11.5 Å². The van der Waals surface area contributed by atoms with Gasteiger partial charge in [0.25, 0.3) is 5.56 Å². The highest BCUT2D eigenvalue weighted by atomic mass is 16.5. The summed E-state index contributed by atoms with van der Waals surface area (Å²) in [5.74, 6) is 1.86. The summed E-state index contributed by atoms with van der Waals surface area (Å²) in [6.45, 7) is 0. The number of nitrogens with zero attached hydrogens (tertiary/aromatic N) is 2. The highest BCUT2D eigenvalue weighted by molar-refractivity contribution is 6.06. The number of benzene rings is 4. The van der Waals surface area contributed by atoms with Crippen molar-refractivity contribution >= 4 is 34.9 Å². The molecule has 6 nitrogen and oxygen atoms in total. The first-order valence-corrected chi connectivity index (χ1v) is 12.4. The number of allylic oxidation sites excluding steroid dienone is 1. The van der Waals surface area contributed by atoms with Crippen LogP contribution in [0.4, 0.5) is 0 Å². The summed E-state index contributed by atoms with van der Waals surface area (Å²) in [4.78, 5) is 31.1. The van der Waals surface area contributed by atoms with E-state index < -0.39 is 0 Å². The van der Waals surface area contributed by atoms with Gasteiger partial charge in [0.05, 0.1) is 30.8 Å². The Morgan fingerprint density at radius 1 is 0.718 bits per heavy atom. The van der Waals surface area contributed by atoms with Gasteiger partial charge < -0.3 is 9.47 Å². The minimum Gasteiger partial charge on any atom is -0.497 e. The van der Waals surface area contributed by atoms with Crippen LogP contribution in [0.15, 0.2) is 108 Å². The predicted octanol–water partition coefficient (Wildman–Crippen LogP) is 6.47. The van der Waals surface area contributed by atoms with E-state index in [4.69, 9.17) is 14.5 Å². The molecule has 6 heteroatoms. The Bertz CT molecular complexity index is 1730. The molecule has 5 rings (SSSR count). The Labute approximate surface area is 226 Å². The molecule has 4 aromatic carbocycles. The first kappa shape index (κ1) is 25.4.